The van der Waals surface area contributed by atoms with Gasteiger partial charge in [-0.3, -0.25) is 4.79 Å². The fourth-order valence-electron chi connectivity index (χ4n) is 3.51. The van der Waals surface area contributed by atoms with E-state index in [2.05, 4.69) is 43.3 Å². The maximum Gasteiger partial charge on any atom is 0.339 e. The Balaban J connectivity index is 1.85. The van der Waals surface area contributed by atoms with Gasteiger partial charge in [-0.2, -0.15) is 0 Å². The van der Waals surface area contributed by atoms with E-state index >= 15 is 0 Å². The molecule has 0 saturated carbocycles. The molecule has 3 rings (SSSR count). The summed E-state index contributed by atoms with van der Waals surface area (Å²) in [4.78, 5) is 27.2. The number of Topliss-reactive ketones (excluding diaryl/α,β-unsaturated/α-hetero) is 1. The Morgan fingerprint density at radius 2 is 1.97 bits per heavy atom. The highest BCUT2D eigenvalue weighted by atomic mass is 32.1. The van der Waals surface area contributed by atoms with Gasteiger partial charge in [0.25, 0.3) is 0 Å². The average molecular weight is 424 g/mol. The van der Waals surface area contributed by atoms with Crippen LogP contribution in [0, 0.1) is 11.8 Å². The number of pyridine rings is 1. The number of esters is 1. The van der Waals surface area contributed by atoms with Crippen LogP contribution in [-0.4, -0.2) is 28.3 Å². The van der Waals surface area contributed by atoms with E-state index < -0.39 is 10.9 Å². The number of aromatic nitrogens is 1. The summed E-state index contributed by atoms with van der Waals surface area (Å²) in [6, 6.07) is 9.02. The Kier molecular flexibility index (Phi) is 6.23. The SMILES string of the molecule is CCOC(=O)c1ccc(C#Cc2ccc3c(c2)C(C)(C)CC(S)(C(=O)CC)O3)nc1. The van der Waals surface area contributed by atoms with Crippen molar-refractivity contribution in [3.05, 3.63) is 58.9 Å². The van der Waals surface area contributed by atoms with Gasteiger partial charge in [0.1, 0.15) is 11.4 Å². The molecule has 156 valence electrons. The predicted molar refractivity (Wildman–Crippen MR) is 118 cm³/mol. The van der Waals surface area contributed by atoms with Crippen molar-refractivity contribution in [2.45, 2.75) is 50.9 Å². The lowest BCUT2D eigenvalue weighted by molar-refractivity contribution is -0.129. The Bertz CT molecular complexity index is 1030. The Hall–Kier alpha value is -2.78. The number of fused-ring (bicyclic) bond motifs is 1. The summed E-state index contributed by atoms with van der Waals surface area (Å²) in [5.41, 5.74) is 2.46. The molecule has 0 aliphatic carbocycles. The lowest BCUT2D eigenvalue weighted by Crippen LogP contribution is -2.47. The summed E-state index contributed by atoms with van der Waals surface area (Å²) >= 11 is 4.57. The van der Waals surface area contributed by atoms with Crippen molar-refractivity contribution in [3.8, 4) is 17.6 Å². The molecule has 0 N–H and O–H groups in total. The fourth-order valence-corrected chi connectivity index (χ4v) is 4.16. The number of benzene rings is 1. The van der Waals surface area contributed by atoms with Gasteiger partial charge in [-0.15, -0.1) is 12.6 Å². The molecular formula is C24H25NO4S. The molecule has 2 aromatic rings. The van der Waals surface area contributed by atoms with E-state index in [0.717, 1.165) is 11.1 Å². The maximum atomic E-state index is 12.4. The summed E-state index contributed by atoms with van der Waals surface area (Å²) in [5, 5.41) is 0. The minimum Gasteiger partial charge on any atom is -0.469 e. The van der Waals surface area contributed by atoms with E-state index in [-0.39, 0.29) is 11.2 Å². The summed E-state index contributed by atoms with van der Waals surface area (Å²) in [6.45, 7) is 8.05. The number of hydrogen-bond acceptors (Lipinski definition) is 6. The zero-order chi connectivity index (χ0) is 21.9. The van der Waals surface area contributed by atoms with Crippen molar-refractivity contribution in [2.24, 2.45) is 0 Å². The second kappa shape index (κ2) is 8.53. The molecule has 0 spiro atoms. The van der Waals surface area contributed by atoms with Crippen LogP contribution in [0.2, 0.25) is 0 Å². The molecule has 0 fully saturated rings. The number of ether oxygens (including phenoxy) is 2. The van der Waals surface area contributed by atoms with Gasteiger partial charge in [0.15, 0.2) is 5.78 Å². The molecule has 1 aliphatic rings. The van der Waals surface area contributed by atoms with Crippen molar-refractivity contribution in [3.63, 3.8) is 0 Å². The molecule has 0 amide bonds. The van der Waals surface area contributed by atoms with E-state index in [4.69, 9.17) is 9.47 Å². The molecule has 0 radical (unpaired) electrons. The lowest BCUT2D eigenvalue weighted by atomic mass is 9.75. The molecule has 0 saturated heterocycles. The molecule has 1 aromatic carbocycles. The number of ketones is 1. The standard InChI is InChI=1S/C24H25NO4S/c1-5-21(26)24(30)15-23(3,4)19-13-16(8-12-20(19)29-24)7-10-18-11-9-17(14-25-18)22(27)28-6-2/h8-9,11-14,30H,5-6,15H2,1-4H3. The Morgan fingerprint density at radius 1 is 1.20 bits per heavy atom. The minimum atomic E-state index is -1.11. The molecule has 1 aromatic heterocycles. The molecule has 6 heteroatoms. The van der Waals surface area contributed by atoms with Gasteiger partial charge >= 0.3 is 5.97 Å². The fraction of sp³-hybridized carbons (Fsp3) is 0.375. The van der Waals surface area contributed by atoms with Crippen LogP contribution >= 0.6 is 12.6 Å². The smallest absolute Gasteiger partial charge is 0.339 e. The topological polar surface area (TPSA) is 65.5 Å². The van der Waals surface area contributed by atoms with Crippen LogP contribution < -0.4 is 4.74 Å². The van der Waals surface area contributed by atoms with Crippen LogP contribution in [0.15, 0.2) is 36.5 Å². The van der Waals surface area contributed by atoms with Crippen molar-refractivity contribution in [1.29, 1.82) is 0 Å². The van der Waals surface area contributed by atoms with Crippen LogP contribution in [0.3, 0.4) is 0 Å². The van der Waals surface area contributed by atoms with E-state index in [1.165, 1.54) is 6.20 Å². The zero-order valence-corrected chi connectivity index (χ0v) is 18.5. The third-order valence-corrected chi connectivity index (χ3v) is 5.53. The number of carbonyl (C=O) groups excluding carboxylic acids is 2. The van der Waals surface area contributed by atoms with Crippen LogP contribution in [0.5, 0.6) is 5.75 Å². The maximum absolute atomic E-state index is 12.4. The number of thiol groups is 1. The predicted octanol–water partition coefficient (Wildman–Crippen LogP) is 4.32. The number of rotatable bonds is 4. The second-order valence-electron chi connectivity index (χ2n) is 7.84. The molecule has 1 unspecified atom stereocenters. The van der Waals surface area contributed by atoms with Gasteiger partial charge in [-0.25, -0.2) is 9.78 Å². The average Bonchev–Trinajstić information content (AvgIpc) is 2.71. The third kappa shape index (κ3) is 4.52. The highest BCUT2D eigenvalue weighted by molar-refractivity contribution is 7.82. The van der Waals surface area contributed by atoms with E-state index in [1.807, 2.05) is 25.1 Å². The summed E-state index contributed by atoms with van der Waals surface area (Å²) in [7, 11) is 0. The summed E-state index contributed by atoms with van der Waals surface area (Å²) in [5.74, 6) is 6.36. The van der Waals surface area contributed by atoms with Crippen molar-refractivity contribution in [2.75, 3.05) is 6.61 Å². The number of nitrogens with zero attached hydrogens (tertiary/aromatic N) is 1. The summed E-state index contributed by atoms with van der Waals surface area (Å²) < 4.78 is 10.9. The lowest BCUT2D eigenvalue weighted by Gasteiger charge is -2.42. The van der Waals surface area contributed by atoms with Crippen LogP contribution in [0.1, 0.15) is 67.7 Å². The Labute approximate surface area is 182 Å². The van der Waals surface area contributed by atoms with Gasteiger partial charge in [-0.1, -0.05) is 26.7 Å². The first-order chi connectivity index (χ1) is 14.2. The third-order valence-electron chi connectivity index (χ3n) is 5.04. The molecule has 2 heterocycles. The normalized spacial score (nSPS) is 19.0. The number of hydrogen-bond donors (Lipinski definition) is 1. The van der Waals surface area contributed by atoms with Gasteiger partial charge in [0.05, 0.1) is 12.2 Å². The van der Waals surface area contributed by atoms with Gasteiger partial charge in [0, 0.05) is 30.2 Å². The largest absolute Gasteiger partial charge is 0.469 e. The quantitative estimate of drug-likeness (QED) is 0.451. The first-order valence-electron chi connectivity index (χ1n) is 9.93. The van der Waals surface area contributed by atoms with Crippen molar-refractivity contribution < 1.29 is 19.1 Å². The van der Waals surface area contributed by atoms with Crippen LogP contribution in [0.4, 0.5) is 0 Å². The molecule has 1 aliphatic heterocycles. The van der Waals surface area contributed by atoms with Crippen LogP contribution in [-0.2, 0) is 14.9 Å². The van der Waals surface area contributed by atoms with Crippen molar-refractivity contribution >= 4 is 24.4 Å². The molecular weight excluding hydrogens is 398 g/mol. The first kappa shape index (κ1) is 21.9. The highest BCUT2D eigenvalue weighted by Crippen LogP contribution is 2.47. The van der Waals surface area contributed by atoms with E-state index in [9.17, 15) is 9.59 Å². The van der Waals surface area contributed by atoms with Crippen LogP contribution in [0.25, 0.3) is 0 Å². The van der Waals surface area contributed by atoms with Gasteiger partial charge in [0.2, 0.25) is 4.93 Å². The Morgan fingerprint density at radius 3 is 2.60 bits per heavy atom. The summed E-state index contributed by atoms with van der Waals surface area (Å²) in [6.07, 6.45) is 2.32. The molecule has 0 bridgehead atoms. The first-order valence-corrected chi connectivity index (χ1v) is 10.4. The van der Waals surface area contributed by atoms with Gasteiger partial charge in [-0.05, 0) is 48.6 Å². The number of carbonyl (C=O) groups is 2. The van der Waals surface area contributed by atoms with Crippen molar-refractivity contribution in [1.82, 2.24) is 4.98 Å². The zero-order valence-electron chi connectivity index (χ0n) is 17.6. The highest BCUT2D eigenvalue weighted by Gasteiger charge is 2.46. The van der Waals surface area contributed by atoms with Gasteiger partial charge < -0.3 is 9.47 Å². The van der Waals surface area contributed by atoms with E-state index in [1.54, 1.807) is 19.1 Å². The monoisotopic (exact) mass is 423 g/mol. The molecule has 30 heavy (non-hydrogen) atoms. The molecule has 5 nitrogen and oxygen atoms in total. The second-order valence-corrected chi connectivity index (χ2v) is 8.56. The minimum absolute atomic E-state index is 0.0224. The molecule has 1 atom stereocenters. The van der Waals surface area contributed by atoms with E-state index in [0.29, 0.717) is 36.5 Å².